The Labute approximate surface area is 65.9 Å². The Kier molecular flexibility index (Phi) is 2.84. The number of nitrogens with one attached hydrogen (secondary N) is 1. The number of esters is 1. The molecule has 0 aromatic heterocycles. The van der Waals surface area contributed by atoms with Gasteiger partial charge in [0, 0.05) is 6.54 Å². The van der Waals surface area contributed by atoms with E-state index >= 15 is 0 Å². The summed E-state index contributed by atoms with van der Waals surface area (Å²) in [7, 11) is 1.38. The third-order valence-electron chi connectivity index (χ3n) is 1.68. The van der Waals surface area contributed by atoms with E-state index < -0.39 is 0 Å². The van der Waals surface area contributed by atoms with Gasteiger partial charge < -0.3 is 9.47 Å². The van der Waals surface area contributed by atoms with Crippen molar-refractivity contribution in [2.75, 3.05) is 20.3 Å². The largest absolute Gasteiger partial charge is 0.468 e. The van der Waals surface area contributed by atoms with Crippen LogP contribution in [0.25, 0.3) is 0 Å². The lowest BCUT2D eigenvalue weighted by Gasteiger charge is -2.26. The summed E-state index contributed by atoms with van der Waals surface area (Å²) in [6, 6.07) is -0.281. The molecule has 0 bridgehead atoms. The van der Waals surface area contributed by atoms with Crippen molar-refractivity contribution in [2.24, 2.45) is 0 Å². The lowest BCUT2D eigenvalue weighted by atomic mass is 10.2. The maximum absolute atomic E-state index is 10.9. The Balaban J connectivity index is 2.33. The minimum atomic E-state index is -0.281. The number of hydrogen-bond acceptors (Lipinski definition) is 4. The molecule has 11 heavy (non-hydrogen) atoms. The summed E-state index contributed by atoms with van der Waals surface area (Å²) in [5, 5.41) is 3.02. The molecule has 0 aromatic carbocycles. The Hall–Kier alpha value is -0.610. The van der Waals surface area contributed by atoms with Crippen LogP contribution in [0.1, 0.15) is 6.92 Å². The van der Waals surface area contributed by atoms with Gasteiger partial charge in [0.25, 0.3) is 0 Å². The van der Waals surface area contributed by atoms with Gasteiger partial charge in [0.1, 0.15) is 6.04 Å². The zero-order valence-corrected chi connectivity index (χ0v) is 6.79. The van der Waals surface area contributed by atoms with Crippen LogP contribution < -0.4 is 5.32 Å². The molecule has 2 atom stereocenters. The highest BCUT2D eigenvalue weighted by Crippen LogP contribution is 2.00. The lowest BCUT2D eigenvalue weighted by molar-refractivity contribution is -0.147. The molecule has 0 amide bonds. The Morgan fingerprint density at radius 3 is 2.91 bits per heavy atom. The maximum atomic E-state index is 10.9. The summed E-state index contributed by atoms with van der Waals surface area (Å²) < 4.78 is 9.79. The van der Waals surface area contributed by atoms with Crippen molar-refractivity contribution in [3.05, 3.63) is 0 Å². The predicted octanol–water partition coefficient (Wildman–Crippen LogP) is -0.464. The van der Waals surface area contributed by atoms with Crippen LogP contribution >= 0.6 is 0 Å². The number of ether oxygens (including phenoxy) is 2. The summed E-state index contributed by atoms with van der Waals surface area (Å²) in [5.41, 5.74) is 0. The van der Waals surface area contributed by atoms with Crippen LogP contribution in [0, 0.1) is 0 Å². The summed E-state index contributed by atoms with van der Waals surface area (Å²) in [6.45, 7) is 3.08. The molecule has 1 fully saturated rings. The van der Waals surface area contributed by atoms with Gasteiger partial charge in [-0.3, -0.25) is 10.1 Å². The van der Waals surface area contributed by atoms with Crippen molar-refractivity contribution in [1.29, 1.82) is 0 Å². The fraction of sp³-hybridized carbons (Fsp3) is 0.857. The molecule has 0 spiro atoms. The summed E-state index contributed by atoms with van der Waals surface area (Å²) in [4.78, 5) is 10.9. The van der Waals surface area contributed by atoms with E-state index in [1.54, 1.807) is 0 Å². The second kappa shape index (κ2) is 3.69. The van der Waals surface area contributed by atoms with Gasteiger partial charge in [-0.05, 0) is 6.92 Å². The molecule has 1 saturated heterocycles. The quantitative estimate of drug-likeness (QED) is 0.526. The van der Waals surface area contributed by atoms with E-state index in [2.05, 4.69) is 10.1 Å². The van der Waals surface area contributed by atoms with Gasteiger partial charge >= 0.3 is 5.97 Å². The van der Waals surface area contributed by atoms with Crippen LogP contribution in [0.4, 0.5) is 0 Å². The Morgan fingerprint density at radius 2 is 2.45 bits per heavy atom. The molecule has 1 aliphatic rings. The van der Waals surface area contributed by atoms with Crippen molar-refractivity contribution in [3.8, 4) is 0 Å². The van der Waals surface area contributed by atoms with E-state index in [9.17, 15) is 4.79 Å². The van der Waals surface area contributed by atoms with Crippen LogP contribution in [0.5, 0.6) is 0 Å². The summed E-state index contributed by atoms with van der Waals surface area (Å²) >= 11 is 0. The van der Waals surface area contributed by atoms with Crippen molar-refractivity contribution in [2.45, 2.75) is 19.1 Å². The molecule has 1 N–H and O–H groups in total. The zero-order chi connectivity index (χ0) is 8.27. The second-order valence-electron chi connectivity index (χ2n) is 2.63. The molecule has 1 aliphatic heterocycles. The molecule has 1 rings (SSSR count). The molecule has 64 valence electrons. The number of methoxy groups -OCH3 is 1. The number of carbonyl (C=O) groups excluding carboxylic acids is 1. The number of rotatable bonds is 1. The highest BCUT2D eigenvalue weighted by Gasteiger charge is 2.24. The third kappa shape index (κ3) is 2.17. The summed E-state index contributed by atoms with van der Waals surface area (Å²) in [5.74, 6) is -0.253. The van der Waals surface area contributed by atoms with Crippen LogP contribution in [0.2, 0.25) is 0 Å². The van der Waals surface area contributed by atoms with Gasteiger partial charge in [-0.1, -0.05) is 0 Å². The maximum Gasteiger partial charge on any atom is 0.325 e. The zero-order valence-electron chi connectivity index (χ0n) is 6.79. The number of carbonyl (C=O) groups is 1. The lowest BCUT2D eigenvalue weighted by Crippen LogP contribution is -2.49. The van der Waals surface area contributed by atoms with Crippen molar-refractivity contribution >= 4 is 5.97 Å². The van der Waals surface area contributed by atoms with E-state index in [-0.39, 0.29) is 18.1 Å². The molecule has 1 heterocycles. The number of hydrogen-bond donors (Lipinski definition) is 1. The van der Waals surface area contributed by atoms with Crippen LogP contribution in [0.15, 0.2) is 0 Å². The summed E-state index contributed by atoms with van der Waals surface area (Å²) in [6.07, 6.45) is 0.191. The van der Waals surface area contributed by atoms with E-state index in [1.807, 2.05) is 6.92 Å². The number of morpholine rings is 1. The smallest absolute Gasteiger partial charge is 0.325 e. The molecule has 0 aliphatic carbocycles. The van der Waals surface area contributed by atoms with Crippen LogP contribution in [-0.4, -0.2) is 38.4 Å². The Bertz CT molecular complexity index is 141. The monoisotopic (exact) mass is 159 g/mol. The van der Waals surface area contributed by atoms with E-state index in [0.717, 1.165) is 0 Å². The molecule has 4 nitrogen and oxygen atoms in total. The first-order valence-corrected chi connectivity index (χ1v) is 3.67. The molecule has 0 unspecified atom stereocenters. The molecular formula is C7H13NO3. The fourth-order valence-corrected chi connectivity index (χ4v) is 0.980. The first kappa shape index (κ1) is 8.49. The Morgan fingerprint density at radius 1 is 1.73 bits per heavy atom. The van der Waals surface area contributed by atoms with Crippen LogP contribution in [-0.2, 0) is 14.3 Å². The van der Waals surface area contributed by atoms with E-state index in [1.165, 1.54) is 7.11 Å². The van der Waals surface area contributed by atoms with E-state index in [0.29, 0.717) is 13.2 Å². The van der Waals surface area contributed by atoms with Crippen molar-refractivity contribution in [1.82, 2.24) is 5.32 Å². The minimum absolute atomic E-state index is 0.191. The van der Waals surface area contributed by atoms with Crippen molar-refractivity contribution < 1.29 is 14.3 Å². The minimum Gasteiger partial charge on any atom is -0.468 e. The first-order valence-electron chi connectivity index (χ1n) is 3.67. The highest BCUT2D eigenvalue weighted by molar-refractivity contribution is 5.75. The first-order chi connectivity index (χ1) is 5.24. The van der Waals surface area contributed by atoms with Gasteiger partial charge in [-0.15, -0.1) is 0 Å². The highest BCUT2D eigenvalue weighted by atomic mass is 16.5. The van der Waals surface area contributed by atoms with Crippen LogP contribution in [0.3, 0.4) is 0 Å². The molecule has 4 heteroatoms. The van der Waals surface area contributed by atoms with Gasteiger partial charge in [0.15, 0.2) is 0 Å². The molecule has 0 saturated carbocycles. The standard InChI is InChI=1S/C7H13NO3/c1-5-3-8-6(4-11-5)7(9)10-2/h5-6,8H,3-4H2,1-2H3/t5-,6+/m0/s1. The third-order valence-corrected chi connectivity index (χ3v) is 1.68. The fourth-order valence-electron chi connectivity index (χ4n) is 0.980. The SMILES string of the molecule is COC(=O)[C@H]1CO[C@@H](C)CN1. The predicted molar refractivity (Wildman–Crippen MR) is 39.2 cm³/mol. The van der Waals surface area contributed by atoms with E-state index in [4.69, 9.17) is 4.74 Å². The molecule has 0 aromatic rings. The average molecular weight is 159 g/mol. The molecular weight excluding hydrogens is 146 g/mol. The average Bonchev–Trinajstić information content (AvgIpc) is 2.05. The van der Waals surface area contributed by atoms with Crippen molar-refractivity contribution in [3.63, 3.8) is 0 Å². The van der Waals surface area contributed by atoms with Gasteiger partial charge in [-0.25, -0.2) is 0 Å². The van der Waals surface area contributed by atoms with Gasteiger partial charge in [-0.2, -0.15) is 0 Å². The second-order valence-corrected chi connectivity index (χ2v) is 2.63. The molecule has 0 radical (unpaired) electrons. The normalized spacial score (nSPS) is 31.5. The topological polar surface area (TPSA) is 47.6 Å². The van der Waals surface area contributed by atoms with Gasteiger partial charge in [0.05, 0.1) is 19.8 Å². The van der Waals surface area contributed by atoms with Gasteiger partial charge in [0.2, 0.25) is 0 Å².